The number of aromatic nitrogens is 3. The van der Waals surface area contributed by atoms with E-state index in [1.165, 1.54) is 17.8 Å². The number of hydrogen-bond donors (Lipinski definition) is 2. The molecule has 2 N–H and O–H groups in total. The number of Topliss-reactive ketones (excluding diaryl/α,β-unsaturated/α-hetero) is 1. The topological polar surface area (TPSA) is 106 Å². The summed E-state index contributed by atoms with van der Waals surface area (Å²) >= 11 is 1.21. The predicted octanol–water partition coefficient (Wildman–Crippen LogP) is 6.97. The van der Waals surface area contributed by atoms with Crippen LogP contribution in [-0.4, -0.2) is 33.8 Å². The smallest absolute Gasteiger partial charge is 0.280 e. The average Bonchev–Trinajstić information content (AvgIpc) is 2.95. The van der Waals surface area contributed by atoms with Gasteiger partial charge in [-0.1, -0.05) is 43.8 Å². The van der Waals surface area contributed by atoms with Crippen LogP contribution >= 0.6 is 11.8 Å². The Kier molecular flexibility index (Phi) is 8.88. The van der Waals surface area contributed by atoms with Crippen LogP contribution in [-0.2, 0) is 15.3 Å². The molecule has 1 aromatic carbocycles. The van der Waals surface area contributed by atoms with Crippen molar-refractivity contribution in [2.24, 2.45) is 5.41 Å². The first-order chi connectivity index (χ1) is 20.8. The third-order valence-electron chi connectivity index (χ3n) is 7.71. The van der Waals surface area contributed by atoms with Crippen molar-refractivity contribution in [1.82, 2.24) is 20.3 Å². The minimum Gasteiger partial charge on any atom is -0.496 e. The highest BCUT2D eigenvalue weighted by Crippen LogP contribution is 2.47. The number of methoxy groups -OCH3 is 1. The number of amides is 1. The van der Waals surface area contributed by atoms with Crippen LogP contribution in [0.15, 0.2) is 70.3 Å². The molecule has 0 unspecified atom stereocenters. The molecule has 3 heterocycles. The second-order valence-electron chi connectivity index (χ2n) is 12.0. The van der Waals surface area contributed by atoms with Crippen molar-refractivity contribution < 1.29 is 23.1 Å². The number of hydrogen-bond acceptors (Lipinski definition) is 8. The predicted molar refractivity (Wildman–Crippen MR) is 166 cm³/mol. The van der Waals surface area contributed by atoms with Gasteiger partial charge in [0.2, 0.25) is 0 Å². The second kappa shape index (κ2) is 12.5. The van der Waals surface area contributed by atoms with Crippen molar-refractivity contribution in [1.29, 1.82) is 0 Å². The van der Waals surface area contributed by atoms with Gasteiger partial charge in [0, 0.05) is 58.1 Å². The molecule has 5 rings (SSSR count). The number of ketones is 1. The number of carbonyl (C=O) groups excluding carboxylic acids is 2. The number of pyridine rings is 1. The number of allylic oxidation sites excluding steroid dienone is 3. The first-order valence-electron chi connectivity index (χ1n) is 14.3. The van der Waals surface area contributed by atoms with Gasteiger partial charge in [-0.3, -0.25) is 9.59 Å². The van der Waals surface area contributed by atoms with Crippen LogP contribution in [0.3, 0.4) is 0 Å². The number of ether oxygens (including phenoxy) is 1. The molecule has 1 atom stereocenters. The van der Waals surface area contributed by atoms with Gasteiger partial charge in [0.1, 0.15) is 17.3 Å². The fraction of sp³-hybridized carbons (Fsp3) is 0.364. The Labute approximate surface area is 259 Å². The van der Waals surface area contributed by atoms with Crippen LogP contribution in [0.25, 0.3) is 0 Å². The summed E-state index contributed by atoms with van der Waals surface area (Å²) in [5, 5.41) is 6.52. The second-order valence-corrected chi connectivity index (χ2v) is 12.9. The molecule has 0 spiro atoms. The largest absolute Gasteiger partial charge is 0.496 e. The van der Waals surface area contributed by atoms with Gasteiger partial charge in [-0.15, -0.1) is 0 Å². The van der Waals surface area contributed by atoms with Crippen molar-refractivity contribution >= 4 is 29.3 Å². The Morgan fingerprint density at radius 1 is 1.14 bits per heavy atom. The number of nitrogens with one attached hydrogen (secondary N) is 2. The van der Waals surface area contributed by atoms with Gasteiger partial charge < -0.3 is 15.4 Å². The Morgan fingerprint density at radius 2 is 1.91 bits per heavy atom. The number of thioether (sulfide) groups is 1. The van der Waals surface area contributed by atoms with Crippen LogP contribution in [0, 0.1) is 19.3 Å². The van der Waals surface area contributed by atoms with Crippen LogP contribution in [0.4, 0.5) is 14.6 Å². The van der Waals surface area contributed by atoms with Crippen molar-refractivity contribution in [3.8, 4) is 5.75 Å². The van der Waals surface area contributed by atoms with Crippen molar-refractivity contribution in [3.05, 3.63) is 93.2 Å². The molecule has 1 amide bonds. The lowest BCUT2D eigenvalue weighted by Crippen LogP contribution is -2.39. The van der Waals surface area contributed by atoms with Crippen molar-refractivity contribution in [3.63, 3.8) is 0 Å². The van der Waals surface area contributed by atoms with Gasteiger partial charge in [0.05, 0.1) is 7.11 Å². The van der Waals surface area contributed by atoms with E-state index in [2.05, 4.69) is 39.4 Å². The van der Waals surface area contributed by atoms with Crippen LogP contribution in [0.1, 0.15) is 74.0 Å². The van der Waals surface area contributed by atoms with E-state index < -0.39 is 12.3 Å². The standard InChI is InChI=1S/C33H35F2N5O3S/c1-17-7-10-26(36-15-17)40-31(42)27-19(3)38-23-13-33(4,5)14-24(41)29(23)28(27)20-8-9-25(43-6)21(12-20)16-44-32-37-18(2)11-22(39-32)30(34)35/h7-12,15,28,30,38H,13-14,16H2,1-6H3,(H,36,40,42)/t28-/m1/s1. The van der Waals surface area contributed by atoms with Crippen LogP contribution in [0.5, 0.6) is 5.75 Å². The Bertz CT molecular complexity index is 1690. The molecule has 0 bridgehead atoms. The molecular weight excluding hydrogens is 584 g/mol. The van der Waals surface area contributed by atoms with Crippen LogP contribution < -0.4 is 15.4 Å². The molecule has 11 heteroatoms. The summed E-state index contributed by atoms with van der Waals surface area (Å²) in [5.41, 5.74) is 4.82. The van der Waals surface area contributed by atoms with Gasteiger partial charge in [0.15, 0.2) is 10.9 Å². The highest BCUT2D eigenvalue weighted by molar-refractivity contribution is 7.98. The summed E-state index contributed by atoms with van der Waals surface area (Å²) in [6, 6.07) is 10.5. The number of carbonyl (C=O) groups is 2. The lowest BCUT2D eigenvalue weighted by molar-refractivity contribution is -0.118. The number of aryl methyl sites for hydroxylation is 2. The fourth-order valence-electron chi connectivity index (χ4n) is 5.77. The van der Waals surface area contributed by atoms with E-state index in [0.29, 0.717) is 52.7 Å². The van der Waals surface area contributed by atoms with E-state index in [1.54, 1.807) is 32.4 Å². The first kappa shape index (κ1) is 31.3. The normalized spacial score (nSPS) is 17.8. The minimum atomic E-state index is -2.70. The highest BCUT2D eigenvalue weighted by Gasteiger charge is 2.43. The van der Waals surface area contributed by atoms with E-state index >= 15 is 0 Å². The molecule has 230 valence electrons. The van der Waals surface area contributed by atoms with E-state index in [4.69, 9.17) is 4.74 Å². The maximum absolute atomic E-state index is 13.9. The zero-order valence-corrected chi connectivity index (χ0v) is 26.4. The zero-order valence-electron chi connectivity index (χ0n) is 25.5. The number of nitrogens with zero attached hydrogens (tertiary/aromatic N) is 3. The maximum atomic E-state index is 13.9. The van der Waals surface area contributed by atoms with E-state index in [-0.39, 0.29) is 28.0 Å². The Morgan fingerprint density at radius 3 is 2.59 bits per heavy atom. The summed E-state index contributed by atoms with van der Waals surface area (Å²) in [5.74, 6) is 0.287. The summed E-state index contributed by atoms with van der Waals surface area (Å²) in [4.78, 5) is 40.3. The van der Waals surface area contributed by atoms with Gasteiger partial charge in [0.25, 0.3) is 12.3 Å². The average molecular weight is 620 g/mol. The SMILES string of the molecule is COc1ccc([C@@H]2C(C(=O)Nc3ccc(C)cn3)=C(C)NC3=C2C(=O)CC(C)(C)C3)cc1CSc1nc(C)cc(C(F)F)n1. The number of alkyl halides is 2. The Hall–Kier alpha value is -4.12. The van der Waals surface area contributed by atoms with E-state index in [0.717, 1.165) is 22.4 Å². The van der Waals surface area contributed by atoms with E-state index in [1.807, 2.05) is 32.0 Å². The maximum Gasteiger partial charge on any atom is 0.280 e. The van der Waals surface area contributed by atoms with Gasteiger partial charge in [-0.25, -0.2) is 23.7 Å². The number of benzene rings is 1. The van der Waals surface area contributed by atoms with Gasteiger partial charge in [-0.2, -0.15) is 0 Å². The molecule has 3 aromatic rings. The third kappa shape index (κ3) is 6.67. The molecule has 2 aliphatic rings. The summed E-state index contributed by atoms with van der Waals surface area (Å²) in [6.45, 7) is 9.53. The molecule has 0 saturated heterocycles. The van der Waals surface area contributed by atoms with Crippen molar-refractivity contribution in [2.45, 2.75) is 70.7 Å². The molecule has 1 aliphatic carbocycles. The molecule has 0 fully saturated rings. The minimum absolute atomic E-state index is 0.0144. The fourth-order valence-corrected chi connectivity index (χ4v) is 6.66. The molecule has 0 radical (unpaired) electrons. The first-order valence-corrected chi connectivity index (χ1v) is 15.2. The molecule has 1 aliphatic heterocycles. The summed E-state index contributed by atoms with van der Waals surface area (Å²) in [7, 11) is 1.55. The molecular formula is C33H35F2N5O3S. The molecule has 8 nitrogen and oxygen atoms in total. The molecule has 2 aromatic heterocycles. The Balaban J connectivity index is 1.56. The quantitative estimate of drug-likeness (QED) is 0.206. The highest BCUT2D eigenvalue weighted by atomic mass is 32.2. The van der Waals surface area contributed by atoms with Crippen LogP contribution in [0.2, 0.25) is 0 Å². The zero-order chi connectivity index (χ0) is 31.8. The third-order valence-corrected chi connectivity index (χ3v) is 8.61. The van der Waals surface area contributed by atoms with Gasteiger partial charge >= 0.3 is 0 Å². The van der Waals surface area contributed by atoms with E-state index in [9.17, 15) is 18.4 Å². The van der Waals surface area contributed by atoms with Crippen molar-refractivity contribution in [2.75, 3.05) is 12.4 Å². The lowest BCUT2D eigenvalue weighted by Gasteiger charge is -2.39. The monoisotopic (exact) mass is 619 g/mol. The van der Waals surface area contributed by atoms with Gasteiger partial charge in [-0.05, 0) is 61.9 Å². The lowest BCUT2D eigenvalue weighted by atomic mass is 9.68. The summed E-state index contributed by atoms with van der Waals surface area (Å²) in [6.07, 6.45) is -0.0138. The molecule has 44 heavy (non-hydrogen) atoms. The summed E-state index contributed by atoms with van der Waals surface area (Å²) < 4.78 is 32.4. The number of dihydropyridines is 1. The number of rotatable bonds is 8. The number of halogens is 2. The molecule has 0 saturated carbocycles. The number of anilines is 1.